The predicted molar refractivity (Wildman–Crippen MR) is 119 cm³/mol. The van der Waals surface area contributed by atoms with E-state index in [9.17, 15) is 4.39 Å². The highest BCUT2D eigenvalue weighted by Crippen LogP contribution is 2.24. The van der Waals surface area contributed by atoms with Gasteiger partial charge in [0, 0.05) is 23.9 Å². The smallest absolute Gasteiger partial charge is 0.191 e. The van der Waals surface area contributed by atoms with Gasteiger partial charge < -0.3 is 10.6 Å². The molecule has 2 rings (SSSR count). The summed E-state index contributed by atoms with van der Waals surface area (Å²) < 4.78 is 13.2. The Morgan fingerprint density at radius 3 is 2.65 bits per heavy atom. The number of halogens is 2. The summed E-state index contributed by atoms with van der Waals surface area (Å²) in [6.45, 7) is 10.5. The summed E-state index contributed by atoms with van der Waals surface area (Å²) >= 11 is 1.64. The Labute approximate surface area is 176 Å². The zero-order valence-corrected chi connectivity index (χ0v) is 19.0. The van der Waals surface area contributed by atoms with Crippen LogP contribution in [0.5, 0.6) is 0 Å². The Hall–Kier alpha value is -1.22. The molecule has 0 amide bonds. The first-order chi connectivity index (χ1) is 11.9. The highest BCUT2D eigenvalue weighted by atomic mass is 127. The second-order valence-corrected chi connectivity index (χ2v) is 7.82. The molecule has 26 heavy (non-hydrogen) atoms. The Balaban J connectivity index is 0.00000338. The van der Waals surface area contributed by atoms with Crippen molar-refractivity contribution in [2.24, 2.45) is 4.99 Å². The van der Waals surface area contributed by atoms with E-state index in [1.165, 1.54) is 6.07 Å². The number of thiazole rings is 1. The number of aromatic nitrogens is 1. The number of nitrogens with one attached hydrogen (secondary N) is 2. The lowest BCUT2D eigenvalue weighted by Gasteiger charge is -2.14. The van der Waals surface area contributed by atoms with Gasteiger partial charge in [-0.2, -0.15) is 0 Å². The fourth-order valence-electron chi connectivity index (χ4n) is 2.23. The molecule has 0 saturated heterocycles. The van der Waals surface area contributed by atoms with E-state index in [-0.39, 0.29) is 35.2 Å². The van der Waals surface area contributed by atoms with Crippen LogP contribution in [0.1, 0.15) is 44.0 Å². The van der Waals surface area contributed by atoms with Crippen molar-refractivity contribution in [2.75, 3.05) is 13.1 Å². The van der Waals surface area contributed by atoms with Crippen molar-refractivity contribution in [3.63, 3.8) is 0 Å². The monoisotopic (exact) mass is 490 g/mol. The minimum Gasteiger partial charge on any atom is -0.357 e. The first-order valence-corrected chi connectivity index (χ1v) is 9.48. The highest BCUT2D eigenvalue weighted by molar-refractivity contribution is 14.0. The van der Waals surface area contributed by atoms with Crippen molar-refractivity contribution in [1.29, 1.82) is 0 Å². The van der Waals surface area contributed by atoms with Crippen LogP contribution in [0, 0.1) is 5.82 Å². The quantitative estimate of drug-likeness (QED) is 0.356. The summed E-state index contributed by atoms with van der Waals surface area (Å²) in [5.74, 6) is 0.558. The number of benzene rings is 1. The molecule has 0 aliphatic carbocycles. The summed E-state index contributed by atoms with van der Waals surface area (Å²) in [7, 11) is 0. The molecule has 0 spiro atoms. The number of hydrogen-bond donors (Lipinski definition) is 2. The number of nitrogens with zero attached hydrogens (tertiary/aromatic N) is 2. The molecule has 0 aliphatic rings. The van der Waals surface area contributed by atoms with Crippen LogP contribution < -0.4 is 10.6 Å². The van der Waals surface area contributed by atoms with E-state index in [4.69, 9.17) is 0 Å². The van der Waals surface area contributed by atoms with Gasteiger partial charge in [0.2, 0.25) is 0 Å². The van der Waals surface area contributed by atoms with Gasteiger partial charge in [0.25, 0.3) is 0 Å². The summed E-state index contributed by atoms with van der Waals surface area (Å²) in [6.07, 6.45) is 0.744. The van der Waals surface area contributed by atoms with Crippen LogP contribution in [-0.2, 0) is 18.4 Å². The van der Waals surface area contributed by atoms with Gasteiger partial charge in [0.1, 0.15) is 10.8 Å². The van der Waals surface area contributed by atoms with E-state index in [1.807, 2.05) is 13.0 Å². The molecule has 1 aromatic heterocycles. The van der Waals surface area contributed by atoms with Crippen LogP contribution >= 0.6 is 35.3 Å². The fourth-order valence-corrected chi connectivity index (χ4v) is 3.18. The first kappa shape index (κ1) is 22.8. The molecule has 0 radical (unpaired) electrons. The topological polar surface area (TPSA) is 49.3 Å². The van der Waals surface area contributed by atoms with Crippen LogP contribution in [-0.4, -0.2) is 24.0 Å². The van der Waals surface area contributed by atoms with Gasteiger partial charge in [-0.1, -0.05) is 32.9 Å². The SMILES string of the molecule is CCNC(=NCc1nc(C(C)(C)C)cs1)NCCc1cccc(F)c1.I. The van der Waals surface area contributed by atoms with E-state index < -0.39 is 0 Å². The third-order valence-electron chi connectivity index (χ3n) is 3.63. The maximum absolute atomic E-state index is 13.2. The molecule has 0 atom stereocenters. The molecule has 0 saturated carbocycles. The summed E-state index contributed by atoms with van der Waals surface area (Å²) in [6, 6.07) is 6.69. The molecule has 7 heteroatoms. The number of guanidine groups is 1. The second kappa shape index (κ2) is 10.8. The van der Waals surface area contributed by atoms with E-state index >= 15 is 0 Å². The summed E-state index contributed by atoms with van der Waals surface area (Å²) in [5, 5.41) is 9.63. The van der Waals surface area contributed by atoms with Crippen LogP contribution in [0.25, 0.3) is 0 Å². The van der Waals surface area contributed by atoms with E-state index in [0.717, 1.165) is 35.2 Å². The zero-order chi connectivity index (χ0) is 18.3. The minimum absolute atomic E-state index is 0. The van der Waals surface area contributed by atoms with Gasteiger partial charge in [0.05, 0.1) is 12.2 Å². The molecule has 2 N–H and O–H groups in total. The molecule has 0 fully saturated rings. The maximum atomic E-state index is 13.2. The molecule has 1 aromatic carbocycles. The van der Waals surface area contributed by atoms with Gasteiger partial charge in [0.15, 0.2) is 5.96 Å². The molecular formula is C19H28FIN4S. The molecule has 144 valence electrons. The number of aliphatic imine (C=N–C) groups is 1. The largest absolute Gasteiger partial charge is 0.357 e. The van der Waals surface area contributed by atoms with Gasteiger partial charge in [-0.05, 0) is 31.0 Å². The van der Waals surface area contributed by atoms with Crippen molar-refractivity contribution < 1.29 is 4.39 Å². The lowest BCUT2D eigenvalue weighted by molar-refractivity contribution is 0.571. The molecule has 4 nitrogen and oxygen atoms in total. The average Bonchev–Trinajstić information content (AvgIpc) is 3.02. The minimum atomic E-state index is -0.198. The van der Waals surface area contributed by atoms with Gasteiger partial charge in [-0.3, -0.25) is 0 Å². The molecule has 0 aliphatic heterocycles. The van der Waals surface area contributed by atoms with Crippen molar-refractivity contribution in [3.05, 3.63) is 51.7 Å². The molecular weight excluding hydrogens is 462 g/mol. The molecule has 0 bridgehead atoms. The van der Waals surface area contributed by atoms with E-state index in [1.54, 1.807) is 23.5 Å². The number of rotatable bonds is 6. The van der Waals surface area contributed by atoms with Crippen molar-refractivity contribution in [2.45, 2.75) is 46.1 Å². The molecule has 1 heterocycles. The normalized spacial score (nSPS) is 11.8. The third kappa shape index (κ3) is 7.57. The van der Waals surface area contributed by atoms with Crippen LogP contribution in [0.15, 0.2) is 34.6 Å². The van der Waals surface area contributed by atoms with Crippen LogP contribution in [0.4, 0.5) is 4.39 Å². The maximum Gasteiger partial charge on any atom is 0.191 e. The Morgan fingerprint density at radius 2 is 2.04 bits per heavy atom. The van der Waals surface area contributed by atoms with Crippen molar-refractivity contribution in [1.82, 2.24) is 15.6 Å². The zero-order valence-electron chi connectivity index (χ0n) is 15.8. The second-order valence-electron chi connectivity index (χ2n) is 6.88. The van der Waals surface area contributed by atoms with Gasteiger partial charge in [-0.25, -0.2) is 14.4 Å². The number of hydrogen-bond acceptors (Lipinski definition) is 3. The lowest BCUT2D eigenvalue weighted by Crippen LogP contribution is -2.38. The van der Waals surface area contributed by atoms with Crippen molar-refractivity contribution >= 4 is 41.3 Å². The van der Waals surface area contributed by atoms with E-state index in [0.29, 0.717) is 13.1 Å². The third-order valence-corrected chi connectivity index (χ3v) is 4.47. The van der Waals surface area contributed by atoms with Crippen LogP contribution in [0.3, 0.4) is 0 Å². The standard InChI is InChI=1S/C19H27FN4S.HI/c1-5-21-18(22-10-9-14-7-6-8-15(20)11-14)23-12-17-24-16(13-25-17)19(2,3)4;/h6-8,11,13H,5,9-10,12H2,1-4H3,(H2,21,22,23);1H. The highest BCUT2D eigenvalue weighted by Gasteiger charge is 2.17. The van der Waals surface area contributed by atoms with Crippen molar-refractivity contribution in [3.8, 4) is 0 Å². The summed E-state index contributed by atoms with van der Waals surface area (Å²) in [4.78, 5) is 9.26. The molecule has 2 aromatic rings. The van der Waals surface area contributed by atoms with Gasteiger partial charge >= 0.3 is 0 Å². The Bertz CT molecular complexity index is 710. The molecule has 0 unspecified atom stereocenters. The Morgan fingerprint density at radius 1 is 1.27 bits per heavy atom. The first-order valence-electron chi connectivity index (χ1n) is 8.60. The van der Waals surface area contributed by atoms with Gasteiger partial charge in [-0.15, -0.1) is 35.3 Å². The Kier molecular flexibility index (Phi) is 9.49. The average molecular weight is 490 g/mol. The lowest BCUT2D eigenvalue weighted by atomic mass is 9.93. The van der Waals surface area contributed by atoms with E-state index in [2.05, 4.69) is 46.8 Å². The fraction of sp³-hybridized carbons (Fsp3) is 0.474. The van der Waals surface area contributed by atoms with Crippen LogP contribution in [0.2, 0.25) is 0 Å². The summed E-state index contributed by atoms with van der Waals surface area (Å²) in [5.41, 5.74) is 2.14. The predicted octanol–water partition coefficient (Wildman–Crippen LogP) is 4.50.